The molecule has 9 nitrogen and oxygen atoms in total. The predicted molar refractivity (Wildman–Crippen MR) is 128 cm³/mol. The third-order valence-corrected chi connectivity index (χ3v) is 5.90. The van der Waals surface area contributed by atoms with Crippen LogP contribution in [0.2, 0.25) is 0 Å². The maximum Gasteiger partial charge on any atom is 0.298 e. The smallest absolute Gasteiger partial charge is 0.298 e. The van der Waals surface area contributed by atoms with E-state index < -0.39 is 11.4 Å². The Morgan fingerprint density at radius 2 is 2.00 bits per heavy atom. The Morgan fingerprint density at radius 1 is 1.23 bits per heavy atom. The van der Waals surface area contributed by atoms with Gasteiger partial charge in [0.25, 0.3) is 11.5 Å². The van der Waals surface area contributed by atoms with Crippen molar-refractivity contribution in [3.63, 3.8) is 0 Å². The number of anilines is 1. The maximum absolute atomic E-state index is 13.9. The van der Waals surface area contributed by atoms with Gasteiger partial charge in [-0.05, 0) is 55.7 Å². The van der Waals surface area contributed by atoms with Crippen LogP contribution in [-0.2, 0) is 4.79 Å². The Labute approximate surface area is 199 Å². The van der Waals surface area contributed by atoms with Crippen molar-refractivity contribution in [3.8, 4) is 29.0 Å². The van der Waals surface area contributed by atoms with Gasteiger partial charge in [0.05, 0.1) is 16.8 Å². The van der Waals surface area contributed by atoms with Gasteiger partial charge in [-0.2, -0.15) is 10.2 Å². The molecule has 4 aromatic rings. The third kappa shape index (κ3) is 4.08. The number of carbonyl (C=O) groups is 1. The molecule has 2 aromatic heterocycles. The number of benzene rings is 2. The molecule has 3 heterocycles. The average molecular weight is 472 g/mol. The van der Waals surface area contributed by atoms with Crippen molar-refractivity contribution < 1.29 is 13.9 Å². The van der Waals surface area contributed by atoms with Crippen LogP contribution in [-0.4, -0.2) is 43.9 Å². The molecule has 10 heteroatoms. The number of rotatable bonds is 4. The highest BCUT2D eigenvalue weighted by Crippen LogP contribution is 2.33. The summed E-state index contributed by atoms with van der Waals surface area (Å²) in [5.41, 5.74) is 7.28. The average Bonchev–Trinajstić information content (AvgIpc) is 3.50. The predicted octanol–water partition coefficient (Wildman–Crippen LogP) is 2.96. The summed E-state index contributed by atoms with van der Waals surface area (Å²) < 4.78 is 21.1. The first-order valence-electron chi connectivity index (χ1n) is 11.0. The van der Waals surface area contributed by atoms with Crippen LogP contribution in [0.4, 0.5) is 10.2 Å². The summed E-state index contributed by atoms with van der Waals surface area (Å²) in [6.07, 6.45) is 0.639. The van der Waals surface area contributed by atoms with E-state index in [1.165, 1.54) is 12.1 Å². The number of carbonyl (C=O) groups excluding carboxylic acids is 1. The molecule has 0 radical (unpaired) electrons. The summed E-state index contributed by atoms with van der Waals surface area (Å²) in [5, 5.41) is 11.4. The molecule has 2 aromatic carbocycles. The van der Waals surface area contributed by atoms with Gasteiger partial charge in [-0.1, -0.05) is 18.1 Å². The molecule has 5 rings (SSSR count). The van der Waals surface area contributed by atoms with Crippen LogP contribution in [0.3, 0.4) is 0 Å². The van der Waals surface area contributed by atoms with Crippen LogP contribution in [0.15, 0.2) is 53.3 Å². The molecule has 1 atom stereocenters. The topological polar surface area (TPSA) is 119 Å². The second-order valence-corrected chi connectivity index (χ2v) is 8.10. The van der Waals surface area contributed by atoms with Crippen molar-refractivity contribution in [1.29, 1.82) is 0 Å². The van der Waals surface area contributed by atoms with Gasteiger partial charge in [0.1, 0.15) is 11.3 Å². The molecule has 0 spiro atoms. The van der Waals surface area contributed by atoms with E-state index in [2.05, 4.69) is 22.0 Å². The first-order valence-corrected chi connectivity index (χ1v) is 11.0. The number of amides is 1. The van der Waals surface area contributed by atoms with Crippen LogP contribution in [0, 0.1) is 17.7 Å². The van der Waals surface area contributed by atoms with Gasteiger partial charge in [0, 0.05) is 19.0 Å². The minimum atomic E-state index is -0.466. The van der Waals surface area contributed by atoms with E-state index in [1.807, 2.05) is 0 Å². The molecule has 1 fully saturated rings. The number of nitrogen functional groups attached to an aromatic ring is 1. The fourth-order valence-corrected chi connectivity index (χ4v) is 4.25. The van der Waals surface area contributed by atoms with Crippen LogP contribution in [0.25, 0.3) is 16.6 Å². The van der Waals surface area contributed by atoms with Gasteiger partial charge in [-0.15, -0.1) is 0 Å². The van der Waals surface area contributed by atoms with Gasteiger partial charge in [0.2, 0.25) is 0 Å². The minimum absolute atomic E-state index is 0.111. The minimum Gasteiger partial charge on any atom is -0.454 e. The van der Waals surface area contributed by atoms with Crippen molar-refractivity contribution in [1.82, 2.24) is 24.9 Å². The molecule has 1 aliphatic rings. The largest absolute Gasteiger partial charge is 0.454 e. The highest BCUT2D eigenvalue weighted by molar-refractivity contribution is 5.94. The number of nitrogens with zero attached hydrogens (tertiary/aromatic N) is 4. The summed E-state index contributed by atoms with van der Waals surface area (Å²) >= 11 is 0. The van der Waals surface area contributed by atoms with E-state index in [-0.39, 0.29) is 23.4 Å². The molecule has 35 heavy (non-hydrogen) atoms. The lowest BCUT2D eigenvalue weighted by atomic mass is 10.0. The number of likely N-dealkylation sites (tertiary alicyclic amines) is 1. The number of fused-ring (bicyclic) bond motifs is 1. The van der Waals surface area contributed by atoms with Crippen LogP contribution < -0.4 is 16.0 Å². The monoisotopic (exact) mass is 472 g/mol. The number of nitrogens with one attached hydrogen (secondary N) is 1. The molecule has 0 unspecified atom stereocenters. The van der Waals surface area contributed by atoms with Crippen molar-refractivity contribution in [3.05, 3.63) is 70.4 Å². The fraction of sp³-hybridized carbons (Fsp3) is 0.200. The fourth-order valence-electron chi connectivity index (χ4n) is 4.25. The number of aromatic nitrogens is 4. The number of ether oxygens (including phenoxy) is 1. The highest BCUT2D eigenvalue weighted by Gasteiger charge is 2.32. The van der Waals surface area contributed by atoms with Gasteiger partial charge in [-0.3, -0.25) is 9.59 Å². The molecular formula is C25H21FN6O3. The number of nitrogens with two attached hydrogens (primary N) is 1. The quantitative estimate of drug-likeness (QED) is 0.441. The number of hydrogen-bond donors (Lipinski definition) is 2. The molecule has 176 valence electrons. The van der Waals surface area contributed by atoms with Crippen molar-refractivity contribution in [2.24, 2.45) is 0 Å². The zero-order valence-electron chi connectivity index (χ0n) is 18.8. The number of H-pyrrole nitrogens is 1. The van der Waals surface area contributed by atoms with Gasteiger partial charge < -0.3 is 15.4 Å². The molecule has 0 bridgehead atoms. The summed E-state index contributed by atoms with van der Waals surface area (Å²) in [6.45, 7) is 2.53. The highest BCUT2D eigenvalue weighted by atomic mass is 19.1. The Hall–Kier alpha value is -4.65. The van der Waals surface area contributed by atoms with Crippen molar-refractivity contribution in [2.45, 2.75) is 19.3 Å². The number of hydrogen-bond acceptors (Lipinski definition) is 6. The lowest BCUT2D eigenvalue weighted by molar-refractivity contribution is -0.124. The Kier molecular flexibility index (Phi) is 5.66. The normalized spacial score (nSPS) is 15.1. The van der Waals surface area contributed by atoms with Gasteiger partial charge in [0.15, 0.2) is 17.4 Å². The zero-order valence-corrected chi connectivity index (χ0v) is 18.8. The molecular weight excluding hydrogens is 451 g/mol. The van der Waals surface area contributed by atoms with E-state index in [9.17, 15) is 14.0 Å². The Bertz CT molecular complexity index is 1550. The zero-order chi connectivity index (χ0) is 24.5. The Balaban J connectivity index is 1.52. The third-order valence-electron chi connectivity index (χ3n) is 5.90. The van der Waals surface area contributed by atoms with E-state index in [0.717, 1.165) is 0 Å². The first kappa shape index (κ1) is 22.2. The second kappa shape index (κ2) is 8.95. The standard InChI is InChI=1S/C25H21FN6O3/c1-2-5-20(33)31-13-12-15(14-31)22-21-23(24(27)28-29-25(21)34)32(30-22)16-8-10-17(11-9-16)35-19-7-4-3-6-18(19)26/h3-4,6-11,15H,12-14H2,1H3,(H2,27,28)(H,29,34)/t15-/m0/s1. The number of aromatic amines is 1. The number of para-hydroxylation sites is 1. The summed E-state index contributed by atoms with van der Waals surface area (Å²) in [4.78, 5) is 26.6. The van der Waals surface area contributed by atoms with E-state index in [4.69, 9.17) is 15.6 Å². The molecule has 0 saturated carbocycles. The molecule has 1 saturated heterocycles. The van der Waals surface area contributed by atoms with Gasteiger partial charge >= 0.3 is 0 Å². The lowest BCUT2D eigenvalue weighted by Crippen LogP contribution is -2.27. The first-order chi connectivity index (χ1) is 17.0. The van der Waals surface area contributed by atoms with E-state index in [1.54, 1.807) is 52.9 Å². The molecule has 1 aliphatic heterocycles. The molecule has 0 aliphatic carbocycles. The Morgan fingerprint density at radius 3 is 2.74 bits per heavy atom. The number of halogens is 1. The van der Waals surface area contributed by atoms with Crippen LogP contribution >= 0.6 is 0 Å². The lowest BCUT2D eigenvalue weighted by Gasteiger charge is -2.12. The molecule has 1 amide bonds. The summed E-state index contributed by atoms with van der Waals surface area (Å²) in [6, 6.07) is 12.9. The van der Waals surface area contributed by atoms with Crippen LogP contribution in [0.1, 0.15) is 25.0 Å². The van der Waals surface area contributed by atoms with E-state index >= 15 is 0 Å². The van der Waals surface area contributed by atoms with Crippen molar-refractivity contribution >= 4 is 22.6 Å². The van der Waals surface area contributed by atoms with Gasteiger partial charge in [-0.25, -0.2) is 14.2 Å². The maximum atomic E-state index is 13.9. The second-order valence-electron chi connectivity index (χ2n) is 8.10. The van der Waals surface area contributed by atoms with Crippen molar-refractivity contribution in [2.75, 3.05) is 18.8 Å². The van der Waals surface area contributed by atoms with E-state index in [0.29, 0.717) is 47.5 Å². The SMILES string of the molecule is CC#CC(=O)N1CC[C@H](c2nn(-c3ccc(Oc4ccccc4F)cc3)c3c(N)n[nH]c(=O)c23)C1. The summed E-state index contributed by atoms with van der Waals surface area (Å²) in [7, 11) is 0. The molecule has 3 N–H and O–H groups in total. The van der Waals surface area contributed by atoms with Crippen LogP contribution in [0.5, 0.6) is 11.5 Å². The summed E-state index contributed by atoms with van der Waals surface area (Å²) in [5.74, 6) is 4.96.